The SMILES string of the molecule is CC(C)(C)OC(=O)N1CC(Nc2cc(F)c(-c3ccc(OCc4ccccc4)nc3OCc3ccccc3)c(F)c2)C1. The molecule has 5 rings (SSSR count). The molecule has 1 aromatic heterocycles. The van der Waals surface area contributed by atoms with Crippen molar-refractivity contribution in [3.63, 3.8) is 0 Å². The van der Waals surface area contributed by atoms with E-state index in [1.54, 1.807) is 32.9 Å². The highest BCUT2D eigenvalue weighted by atomic mass is 19.1. The minimum atomic E-state index is -0.773. The number of carbonyl (C=O) groups is 1. The van der Waals surface area contributed by atoms with Gasteiger partial charge in [0, 0.05) is 24.8 Å². The molecule has 1 N–H and O–H groups in total. The summed E-state index contributed by atoms with van der Waals surface area (Å²) < 4.78 is 48.2. The molecule has 1 aliphatic heterocycles. The van der Waals surface area contributed by atoms with Gasteiger partial charge in [0.2, 0.25) is 11.8 Å². The molecule has 7 nitrogen and oxygen atoms in total. The fourth-order valence-electron chi connectivity index (χ4n) is 4.46. The van der Waals surface area contributed by atoms with E-state index in [1.807, 2.05) is 60.7 Å². The summed E-state index contributed by atoms with van der Waals surface area (Å²) in [6.07, 6.45) is -0.417. The molecule has 4 aromatic rings. The van der Waals surface area contributed by atoms with Gasteiger partial charge in [0.15, 0.2) is 0 Å². The zero-order valence-corrected chi connectivity index (χ0v) is 23.8. The van der Waals surface area contributed by atoms with Gasteiger partial charge in [-0.25, -0.2) is 13.6 Å². The van der Waals surface area contributed by atoms with Gasteiger partial charge in [-0.05, 0) is 50.1 Å². The monoisotopic (exact) mass is 573 g/mol. The van der Waals surface area contributed by atoms with E-state index in [9.17, 15) is 4.79 Å². The molecule has 1 fully saturated rings. The van der Waals surface area contributed by atoms with Gasteiger partial charge < -0.3 is 24.4 Å². The average molecular weight is 574 g/mol. The first kappa shape index (κ1) is 28.9. The Balaban J connectivity index is 1.33. The first-order valence-corrected chi connectivity index (χ1v) is 13.7. The maximum Gasteiger partial charge on any atom is 0.410 e. The van der Waals surface area contributed by atoms with Crippen LogP contribution in [0.2, 0.25) is 0 Å². The van der Waals surface area contributed by atoms with Gasteiger partial charge in [0.25, 0.3) is 0 Å². The smallest absolute Gasteiger partial charge is 0.410 e. The molecule has 0 unspecified atom stereocenters. The third kappa shape index (κ3) is 7.34. The Morgan fingerprint density at radius 3 is 2.02 bits per heavy atom. The van der Waals surface area contributed by atoms with Crippen LogP contribution in [0.4, 0.5) is 19.3 Å². The highest BCUT2D eigenvalue weighted by Crippen LogP contribution is 2.36. The fraction of sp³-hybridized carbons (Fsp3) is 0.273. The average Bonchev–Trinajstić information content (AvgIpc) is 2.93. The van der Waals surface area contributed by atoms with Crippen LogP contribution in [0.15, 0.2) is 84.9 Å². The van der Waals surface area contributed by atoms with Crippen molar-refractivity contribution < 1.29 is 27.8 Å². The van der Waals surface area contributed by atoms with Crippen molar-refractivity contribution in [3.05, 3.63) is 108 Å². The van der Waals surface area contributed by atoms with Gasteiger partial charge in [0.1, 0.15) is 30.4 Å². The molecule has 0 bridgehead atoms. The maximum absolute atomic E-state index is 15.5. The van der Waals surface area contributed by atoms with Gasteiger partial charge >= 0.3 is 6.09 Å². The van der Waals surface area contributed by atoms with Crippen molar-refractivity contribution >= 4 is 11.8 Å². The second-order valence-electron chi connectivity index (χ2n) is 11.1. The summed E-state index contributed by atoms with van der Waals surface area (Å²) >= 11 is 0. The number of amides is 1. The normalized spacial score (nSPS) is 13.3. The summed E-state index contributed by atoms with van der Waals surface area (Å²) in [7, 11) is 0. The number of nitrogens with one attached hydrogen (secondary N) is 1. The first-order valence-electron chi connectivity index (χ1n) is 13.7. The van der Waals surface area contributed by atoms with E-state index in [-0.39, 0.29) is 47.8 Å². The summed E-state index contributed by atoms with van der Waals surface area (Å²) in [6, 6.07) is 24.5. The Morgan fingerprint density at radius 1 is 0.881 bits per heavy atom. The Labute approximate surface area is 244 Å². The predicted molar refractivity (Wildman–Crippen MR) is 156 cm³/mol. The van der Waals surface area contributed by atoms with Crippen molar-refractivity contribution in [2.45, 2.75) is 45.6 Å². The van der Waals surface area contributed by atoms with Crippen molar-refractivity contribution in [2.75, 3.05) is 18.4 Å². The third-order valence-corrected chi connectivity index (χ3v) is 6.50. The topological polar surface area (TPSA) is 72.9 Å². The molecule has 1 amide bonds. The molecule has 42 heavy (non-hydrogen) atoms. The quantitative estimate of drug-likeness (QED) is 0.228. The van der Waals surface area contributed by atoms with E-state index >= 15 is 8.78 Å². The minimum Gasteiger partial charge on any atom is -0.473 e. The number of hydrogen-bond acceptors (Lipinski definition) is 6. The van der Waals surface area contributed by atoms with Crippen molar-refractivity contribution in [1.29, 1.82) is 0 Å². The van der Waals surface area contributed by atoms with Crippen LogP contribution in [0.1, 0.15) is 31.9 Å². The van der Waals surface area contributed by atoms with E-state index in [4.69, 9.17) is 14.2 Å². The molecule has 218 valence electrons. The first-order chi connectivity index (χ1) is 20.1. The zero-order valence-electron chi connectivity index (χ0n) is 23.8. The van der Waals surface area contributed by atoms with Crippen LogP contribution >= 0.6 is 0 Å². The molecule has 0 saturated carbocycles. The van der Waals surface area contributed by atoms with Crippen LogP contribution in [0.25, 0.3) is 11.1 Å². The van der Waals surface area contributed by atoms with Gasteiger partial charge in [-0.1, -0.05) is 60.7 Å². The van der Waals surface area contributed by atoms with Gasteiger partial charge in [-0.2, -0.15) is 4.98 Å². The van der Waals surface area contributed by atoms with Gasteiger partial charge in [-0.3, -0.25) is 0 Å². The number of nitrogens with zero attached hydrogens (tertiary/aromatic N) is 2. The molecule has 1 saturated heterocycles. The molecule has 3 aromatic carbocycles. The molecule has 1 aliphatic rings. The van der Waals surface area contributed by atoms with Crippen LogP contribution in [0.5, 0.6) is 11.8 Å². The Kier molecular flexibility index (Phi) is 8.56. The van der Waals surface area contributed by atoms with E-state index in [0.29, 0.717) is 13.1 Å². The predicted octanol–water partition coefficient (Wildman–Crippen LogP) is 7.22. The second kappa shape index (κ2) is 12.5. The minimum absolute atomic E-state index is 0.0509. The molecule has 9 heteroatoms. The number of likely N-dealkylation sites (tertiary alicyclic amines) is 1. The largest absolute Gasteiger partial charge is 0.473 e. The van der Waals surface area contributed by atoms with Crippen LogP contribution in [-0.2, 0) is 18.0 Å². The number of pyridine rings is 1. The molecular weight excluding hydrogens is 540 g/mol. The lowest BCUT2D eigenvalue weighted by atomic mass is 10.0. The maximum atomic E-state index is 15.5. The summed E-state index contributed by atoms with van der Waals surface area (Å²) in [4.78, 5) is 18.2. The standard InChI is InChI=1S/C33H33F2N3O4/c1-33(2,3)42-32(39)38-18-25(19-38)36-24-16-27(34)30(28(35)17-24)26-14-15-29(40-20-22-10-6-4-7-11-22)37-31(26)41-21-23-12-8-5-9-13-23/h4-17,25,36H,18-21H2,1-3H3. The molecule has 0 atom stereocenters. The lowest BCUT2D eigenvalue weighted by Gasteiger charge is -2.40. The Morgan fingerprint density at radius 2 is 1.45 bits per heavy atom. The van der Waals surface area contributed by atoms with E-state index in [0.717, 1.165) is 11.1 Å². The Bertz CT molecular complexity index is 1500. The summed E-state index contributed by atoms with van der Waals surface area (Å²) in [6.45, 7) is 6.56. The van der Waals surface area contributed by atoms with Crippen LogP contribution in [0, 0.1) is 11.6 Å². The van der Waals surface area contributed by atoms with Crippen molar-refractivity contribution in [1.82, 2.24) is 9.88 Å². The highest BCUT2D eigenvalue weighted by Gasteiger charge is 2.34. The highest BCUT2D eigenvalue weighted by molar-refractivity contribution is 5.73. The molecule has 2 heterocycles. The van der Waals surface area contributed by atoms with E-state index < -0.39 is 23.3 Å². The number of anilines is 1. The van der Waals surface area contributed by atoms with Crippen LogP contribution in [0.3, 0.4) is 0 Å². The summed E-state index contributed by atoms with van der Waals surface area (Å²) in [5, 5.41) is 3.09. The fourth-order valence-corrected chi connectivity index (χ4v) is 4.46. The lowest BCUT2D eigenvalue weighted by molar-refractivity contribution is 0.0105. The zero-order chi connectivity index (χ0) is 29.7. The van der Waals surface area contributed by atoms with Crippen LogP contribution < -0.4 is 14.8 Å². The number of benzene rings is 3. The van der Waals surface area contributed by atoms with E-state index in [1.165, 1.54) is 17.0 Å². The van der Waals surface area contributed by atoms with Crippen LogP contribution in [-0.4, -0.2) is 40.7 Å². The third-order valence-electron chi connectivity index (χ3n) is 6.50. The summed E-state index contributed by atoms with van der Waals surface area (Å²) in [5.74, 6) is -1.23. The Hall–Kier alpha value is -4.66. The van der Waals surface area contributed by atoms with Gasteiger partial charge in [0.05, 0.1) is 17.2 Å². The number of ether oxygens (including phenoxy) is 3. The van der Waals surface area contributed by atoms with E-state index in [2.05, 4.69) is 10.3 Å². The molecule has 0 aliphatic carbocycles. The number of carbonyl (C=O) groups excluding carboxylic acids is 1. The molecule has 0 radical (unpaired) electrons. The molecule has 0 spiro atoms. The second-order valence-corrected chi connectivity index (χ2v) is 11.1. The van der Waals surface area contributed by atoms with Crippen molar-refractivity contribution in [2.24, 2.45) is 0 Å². The number of halogens is 2. The summed E-state index contributed by atoms with van der Waals surface area (Å²) in [5.41, 5.74) is 1.42. The number of hydrogen-bond donors (Lipinski definition) is 1. The lowest BCUT2D eigenvalue weighted by Crippen LogP contribution is -2.57. The van der Waals surface area contributed by atoms with Gasteiger partial charge in [-0.15, -0.1) is 0 Å². The number of aromatic nitrogens is 1. The number of rotatable bonds is 9. The van der Waals surface area contributed by atoms with Crippen molar-refractivity contribution in [3.8, 4) is 22.9 Å². The molecular formula is C33H33F2N3O4.